The van der Waals surface area contributed by atoms with E-state index in [1.54, 1.807) is 0 Å². The fourth-order valence-electron chi connectivity index (χ4n) is 3.14. The maximum absolute atomic E-state index is 2.27. The minimum absolute atomic E-state index is 0. The summed E-state index contributed by atoms with van der Waals surface area (Å²) in [6.07, 6.45) is 28.5. The van der Waals surface area contributed by atoms with Crippen LogP contribution in [0.5, 0.6) is 0 Å². The van der Waals surface area contributed by atoms with Gasteiger partial charge in [-0.15, -0.1) is 0 Å². The third kappa shape index (κ3) is 4.20. The molecule has 2 fully saturated rings. The van der Waals surface area contributed by atoms with Crippen molar-refractivity contribution in [2.45, 2.75) is 12.8 Å². The standard InChI is InChI=1S/C20H16.2CH3.Ti/c1-3-7-19-15(5-1)9-11-17(19)13-14-18-12-10-16-6-2-4-8-20(16)18;;;/h1-12H,13-14H2;2*1H3;/q;2*-1;+4. The summed E-state index contributed by atoms with van der Waals surface area (Å²) in [5, 5.41) is 0. The Morgan fingerprint density at radius 2 is 0.913 bits per heavy atom. The van der Waals surface area contributed by atoms with Gasteiger partial charge in [-0.05, 0) is 50.4 Å². The predicted molar refractivity (Wildman–Crippen MR) is 95.3 cm³/mol. The van der Waals surface area contributed by atoms with E-state index in [1.165, 1.54) is 35.5 Å². The number of rotatable bonds is 3. The van der Waals surface area contributed by atoms with Crippen molar-refractivity contribution < 1.29 is 21.7 Å². The van der Waals surface area contributed by atoms with Crippen LogP contribution in [-0.2, 0) is 21.7 Å². The van der Waals surface area contributed by atoms with Gasteiger partial charge in [0.1, 0.15) is 0 Å². The molecular weight excluding hydrogens is 312 g/mol. The molecule has 0 amide bonds. The van der Waals surface area contributed by atoms with Crippen LogP contribution in [0.15, 0.2) is 48.6 Å². The Balaban J connectivity index is 0.000000882. The van der Waals surface area contributed by atoms with Gasteiger partial charge in [0, 0.05) is 23.7 Å². The second-order valence-corrected chi connectivity index (χ2v) is 5.39. The first-order valence-corrected chi connectivity index (χ1v) is 7.18. The molecule has 0 aromatic carbocycles. The fourth-order valence-corrected chi connectivity index (χ4v) is 3.14. The number of fused-ring (bicyclic) bond motifs is 2. The van der Waals surface area contributed by atoms with Crippen LogP contribution in [0.1, 0.15) is 12.8 Å². The third-order valence-corrected chi connectivity index (χ3v) is 4.21. The van der Waals surface area contributed by atoms with Gasteiger partial charge < -0.3 is 14.9 Å². The molecule has 0 unspecified atom stereocenters. The molecule has 0 bridgehead atoms. The molecule has 4 rings (SSSR count). The van der Waals surface area contributed by atoms with Gasteiger partial charge in [0.25, 0.3) is 0 Å². The summed E-state index contributed by atoms with van der Waals surface area (Å²) >= 11 is 0. The first kappa shape index (κ1) is 20.7. The van der Waals surface area contributed by atoms with Crippen molar-refractivity contribution in [1.29, 1.82) is 0 Å². The molecule has 0 aliphatic heterocycles. The summed E-state index contributed by atoms with van der Waals surface area (Å²) in [5.41, 5.74) is 0. The monoisotopic (exact) mass is 334 g/mol. The summed E-state index contributed by atoms with van der Waals surface area (Å²) in [6.45, 7) is 0. The van der Waals surface area contributed by atoms with Gasteiger partial charge in [-0.1, -0.05) is 48.6 Å². The van der Waals surface area contributed by atoms with Crippen LogP contribution >= 0.6 is 0 Å². The molecule has 0 N–H and O–H groups in total. The van der Waals surface area contributed by atoms with Gasteiger partial charge in [0.15, 0.2) is 0 Å². The van der Waals surface area contributed by atoms with Gasteiger partial charge in [0.05, 0.1) is 0 Å². The Hall–Kier alpha value is -0.326. The third-order valence-electron chi connectivity index (χ3n) is 4.21. The molecule has 0 spiro atoms. The molecule has 4 aliphatic rings. The molecule has 2 saturated carbocycles. The number of hydrogen-bond donors (Lipinski definition) is 0. The SMILES string of the molecule is [CH3-].[CH3-].[CH]1[CH][C](CC[C]2[CH][CH][C]3C=CC=C[C]32)[C]2C=CC=C[C]12.[Ti+4]. The number of hydrogen-bond acceptors (Lipinski definition) is 0. The zero-order valence-corrected chi connectivity index (χ0v) is 15.4. The molecule has 23 heavy (non-hydrogen) atoms. The molecule has 4 aliphatic carbocycles. The summed E-state index contributed by atoms with van der Waals surface area (Å²) in [7, 11) is 0. The van der Waals surface area contributed by atoms with Gasteiger partial charge in [0.2, 0.25) is 0 Å². The topological polar surface area (TPSA) is 0 Å². The fraction of sp³-hybridized carbons (Fsp3) is 0.0909. The Morgan fingerprint density at radius 1 is 0.522 bits per heavy atom. The normalized spacial score (nSPS) is 24.9. The van der Waals surface area contributed by atoms with E-state index in [9.17, 15) is 0 Å². The van der Waals surface area contributed by atoms with E-state index in [0.29, 0.717) is 0 Å². The molecule has 1 heteroatoms. The summed E-state index contributed by atoms with van der Waals surface area (Å²) in [5.74, 6) is 8.45. The zero-order chi connectivity index (χ0) is 13.4. The minimum atomic E-state index is 0. The molecule has 10 radical (unpaired) electrons. The molecule has 0 aromatic heterocycles. The van der Waals surface area contributed by atoms with E-state index in [1.807, 2.05) is 0 Å². The quantitative estimate of drug-likeness (QED) is 0.491. The van der Waals surface area contributed by atoms with Gasteiger partial charge in [-0.2, -0.15) is 0 Å². The van der Waals surface area contributed by atoms with E-state index in [4.69, 9.17) is 0 Å². The van der Waals surface area contributed by atoms with Crippen LogP contribution < -0.4 is 0 Å². The second kappa shape index (κ2) is 9.23. The molecule has 0 nitrogen and oxygen atoms in total. The van der Waals surface area contributed by atoms with Gasteiger partial charge >= 0.3 is 21.7 Å². The van der Waals surface area contributed by atoms with Crippen LogP contribution in [0.3, 0.4) is 0 Å². The van der Waals surface area contributed by atoms with E-state index >= 15 is 0 Å². The predicted octanol–water partition coefficient (Wildman–Crippen LogP) is 5.21. The summed E-state index contributed by atoms with van der Waals surface area (Å²) in [4.78, 5) is 0. The summed E-state index contributed by atoms with van der Waals surface area (Å²) < 4.78 is 0. The first-order chi connectivity index (χ1) is 9.92. The van der Waals surface area contributed by atoms with Crippen LogP contribution in [-0.4, -0.2) is 0 Å². The van der Waals surface area contributed by atoms with Crippen molar-refractivity contribution in [1.82, 2.24) is 0 Å². The van der Waals surface area contributed by atoms with Crippen LogP contribution in [0.2, 0.25) is 0 Å². The average molecular weight is 334 g/mol. The first-order valence-electron chi connectivity index (χ1n) is 7.18. The largest absolute Gasteiger partial charge is 4.00 e. The van der Waals surface area contributed by atoms with Crippen LogP contribution in [0.25, 0.3) is 0 Å². The van der Waals surface area contributed by atoms with Crippen molar-refractivity contribution in [3.8, 4) is 0 Å². The Bertz CT molecular complexity index is 426. The van der Waals surface area contributed by atoms with Gasteiger partial charge in [-0.25, -0.2) is 0 Å². The zero-order valence-electron chi connectivity index (χ0n) is 13.8. The Morgan fingerprint density at radius 3 is 1.35 bits per heavy atom. The summed E-state index contributed by atoms with van der Waals surface area (Å²) in [6, 6.07) is 0. The second-order valence-electron chi connectivity index (χ2n) is 5.39. The molecule has 0 atom stereocenters. The average Bonchev–Trinajstić information content (AvgIpc) is 3.09. The van der Waals surface area contributed by atoms with E-state index in [2.05, 4.69) is 74.3 Å². The van der Waals surface area contributed by atoms with Crippen molar-refractivity contribution in [2.75, 3.05) is 0 Å². The molecule has 0 saturated heterocycles. The molecular formula is C22H22Ti+2. The Kier molecular flexibility index (Phi) is 8.32. The van der Waals surface area contributed by atoms with Gasteiger partial charge in [-0.3, -0.25) is 0 Å². The maximum atomic E-state index is 2.27. The maximum Gasteiger partial charge on any atom is 4.00 e. The smallest absolute Gasteiger partial charge is 0.358 e. The van der Waals surface area contributed by atoms with Crippen LogP contribution in [0.4, 0.5) is 0 Å². The number of allylic oxidation sites excluding steroid dienone is 8. The van der Waals surface area contributed by atoms with Crippen molar-refractivity contribution in [2.24, 2.45) is 0 Å². The molecule has 0 heterocycles. The van der Waals surface area contributed by atoms with Crippen LogP contribution in [0, 0.1) is 76.0 Å². The van der Waals surface area contributed by atoms with E-state index < -0.39 is 0 Å². The van der Waals surface area contributed by atoms with Crippen molar-refractivity contribution in [3.05, 3.63) is 125 Å². The molecule has 112 valence electrons. The van der Waals surface area contributed by atoms with E-state index in [0.717, 1.165) is 12.8 Å². The van der Waals surface area contributed by atoms with E-state index in [-0.39, 0.29) is 36.6 Å². The van der Waals surface area contributed by atoms with Crippen molar-refractivity contribution in [3.63, 3.8) is 0 Å². The minimum Gasteiger partial charge on any atom is -0.358 e. The van der Waals surface area contributed by atoms with Crippen molar-refractivity contribution >= 4 is 0 Å². The Labute approximate surface area is 159 Å². The molecule has 0 aromatic rings.